The molecule has 0 bridgehead atoms. The molecule has 0 fully saturated rings. The number of rotatable bonds is 3. The van der Waals surface area contributed by atoms with Gasteiger partial charge in [0.1, 0.15) is 5.75 Å². The first kappa shape index (κ1) is 8.05. The van der Waals surface area contributed by atoms with Crippen LogP contribution in [0.2, 0.25) is 0 Å². The van der Waals surface area contributed by atoms with Crippen LogP contribution in [0, 0.1) is 0 Å². The molecule has 0 saturated carbocycles. The standard InChI is InChI=1S/C6H13OS/c1-8(2)6-4-3-5-7/h3-4,7H,5-6H2,1-2H3/q+1/b4-3+. The van der Waals surface area contributed by atoms with Gasteiger partial charge < -0.3 is 5.11 Å². The molecule has 0 atom stereocenters. The van der Waals surface area contributed by atoms with Crippen molar-refractivity contribution in [1.29, 1.82) is 0 Å². The first-order valence-corrected chi connectivity index (χ1v) is 4.78. The number of aliphatic hydroxyl groups is 1. The van der Waals surface area contributed by atoms with Crippen molar-refractivity contribution in [1.82, 2.24) is 0 Å². The highest BCUT2D eigenvalue weighted by atomic mass is 32.2. The lowest BCUT2D eigenvalue weighted by Crippen LogP contribution is -1.97. The van der Waals surface area contributed by atoms with E-state index in [9.17, 15) is 0 Å². The Balaban J connectivity index is 3.03. The molecule has 1 nitrogen and oxygen atoms in total. The Morgan fingerprint density at radius 3 is 2.38 bits per heavy atom. The Kier molecular flexibility index (Phi) is 5.22. The van der Waals surface area contributed by atoms with Crippen molar-refractivity contribution >= 4 is 10.9 Å². The third kappa shape index (κ3) is 6.05. The van der Waals surface area contributed by atoms with Gasteiger partial charge in [0.2, 0.25) is 0 Å². The highest BCUT2D eigenvalue weighted by molar-refractivity contribution is 7.95. The van der Waals surface area contributed by atoms with E-state index in [1.165, 1.54) is 0 Å². The molecule has 0 aromatic heterocycles. The van der Waals surface area contributed by atoms with Crippen LogP contribution in [0.15, 0.2) is 12.2 Å². The van der Waals surface area contributed by atoms with E-state index in [4.69, 9.17) is 5.11 Å². The number of aliphatic hydroxyl groups excluding tert-OH is 1. The summed E-state index contributed by atoms with van der Waals surface area (Å²) in [6.07, 6.45) is 8.17. The Morgan fingerprint density at radius 2 is 2.00 bits per heavy atom. The molecule has 1 N–H and O–H groups in total. The molecule has 8 heavy (non-hydrogen) atoms. The third-order valence-corrected chi connectivity index (χ3v) is 1.56. The average molecular weight is 133 g/mol. The van der Waals surface area contributed by atoms with Crippen molar-refractivity contribution in [2.75, 3.05) is 24.9 Å². The molecule has 0 amide bonds. The fraction of sp³-hybridized carbons (Fsp3) is 0.667. The maximum atomic E-state index is 8.30. The van der Waals surface area contributed by atoms with Crippen molar-refractivity contribution in [3.05, 3.63) is 12.2 Å². The van der Waals surface area contributed by atoms with E-state index >= 15 is 0 Å². The molecule has 0 aliphatic carbocycles. The van der Waals surface area contributed by atoms with Crippen LogP contribution in [0.3, 0.4) is 0 Å². The first-order valence-electron chi connectivity index (χ1n) is 2.57. The van der Waals surface area contributed by atoms with Crippen LogP contribution in [0.5, 0.6) is 0 Å². The maximum absolute atomic E-state index is 8.30. The van der Waals surface area contributed by atoms with Crippen molar-refractivity contribution < 1.29 is 5.11 Å². The molecule has 0 heterocycles. The molecule has 0 unspecified atom stereocenters. The monoisotopic (exact) mass is 133 g/mol. The van der Waals surface area contributed by atoms with E-state index < -0.39 is 0 Å². The lowest BCUT2D eigenvalue weighted by Gasteiger charge is -1.86. The summed E-state index contributed by atoms with van der Waals surface area (Å²) in [5.74, 6) is 1.10. The van der Waals surface area contributed by atoms with E-state index in [0.29, 0.717) is 10.9 Å². The van der Waals surface area contributed by atoms with Crippen LogP contribution in [0.4, 0.5) is 0 Å². The largest absolute Gasteiger partial charge is 0.392 e. The van der Waals surface area contributed by atoms with Crippen LogP contribution >= 0.6 is 0 Å². The molecule has 0 aliphatic heterocycles. The second-order valence-corrected chi connectivity index (χ2v) is 4.11. The molecule has 0 aliphatic rings. The van der Waals surface area contributed by atoms with Gasteiger partial charge in [0, 0.05) is 0 Å². The lowest BCUT2D eigenvalue weighted by atomic mass is 10.6. The Labute approximate surface area is 53.8 Å². The summed E-state index contributed by atoms with van der Waals surface area (Å²) in [7, 11) is 0.485. The minimum Gasteiger partial charge on any atom is -0.392 e. The Morgan fingerprint density at radius 1 is 1.38 bits per heavy atom. The molecule has 0 rings (SSSR count). The lowest BCUT2D eigenvalue weighted by molar-refractivity contribution is 0.342. The summed E-state index contributed by atoms with van der Waals surface area (Å²) in [4.78, 5) is 0. The molecule has 0 saturated heterocycles. The van der Waals surface area contributed by atoms with Gasteiger partial charge in [-0.25, -0.2) is 0 Å². The zero-order chi connectivity index (χ0) is 6.41. The topological polar surface area (TPSA) is 20.2 Å². The van der Waals surface area contributed by atoms with Gasteiger partial charge in [-0.05, 0) is 17.0 Å². The Hall–Kier alpha value is 0.0500. The van der Waals surface area contributed by atoms with Gasteiger partial charge in [0.15, 0.2) is 0 Å². The predicted octanol–water partition coefficient (Wildman–Crippen LogP) is 0.413. The molecule has 48 valence electrons. The van der Waals surface area contributed by atoms with Crippen LogP contribution in [-0.4, -0.2) is 30.0 Å². The van der Waals surface area contributed by atoms with Crippen LogP contribution in [0.25, 0.3) is 0 Å². The summed E-state index contributed by atoms with van der Waals surface area (Å²) in [5.41, 5.74) is 0. The summed E-state index contributed by atoms with van der Waals surface area (Å²) >= 11 is 0. The van der Waals surface area contributed by atoms with E-state index in [1.54, 1.807) is 6.08 Å². The van der Waals surface area contributed by atoms with Gasteiger partial charge in [-0.1, -0.05) is 6.08 Å². The van der Waals surface area contributed by atoms with Crippen molar-refractivity contribution in [2.45, 2.75) is 0 Å². The number of hydrogen-bond acceptors (Lipinski definition) is 1. The fourth-order valence-electron chi connectivity index (χ4n) is 0.335. The van der Waals surface area contributed by atoms with Crippen molar-refractivity contribution in [3.8, 4) is 0 Å². The highest BCUT2D eigenvalue weighted by Gasteiger charge is 1.93. The van der Waals surface area contributed by atoms with Gasteiger partial charge in [-0.15, -0.1) is 0 Å². The molecule has 0 aromatic rings. The molecule has 0 radical (unpaired) electrons. The minimum absolute atomic E-state index is 0.178. The van der Waals surface area contributed by atoms with Crippen LogP contribution < -0.4 is 0 Å². The second-order valence-electron chi connectivity index (χ2n) is 1.81. The van der Waals surface area contributed by atoms with Gasteiger partial charge in [0.05, 0.1) is 19.1 Å². The molecule has 0 aromatic carbocycles. The molecule has 0 spiro atoms. The molecule has 2 heteroatoms. The number of hydrogen-bond donors (Lipinski definition) is 1. The van der Waals surface area contributed by atoms with E-state index in [0.717, 1.165) is 5.75 Å². The quantitative estimate of drug-likeness (QED) is 0.437. The third-order valence-electron chi connectivity index (χ3n) is 0.702. The smallest absolute Gasteiger partial charge is 0.125 e. The van der Waals surface area contributed by atoms with Crippen molar-refractivity contribution in [3.63, 3.8) is 0 Å². The molecular weight excluding hydrogens is 120 g/mol. The summed E-state index contributed by atoms with van der Waals surface area (Å²) < 4.78 is 0. The maximum Gasteiger partial charge on any atom is 0.125 e. The summed E-state index contributed by atoms with van der Waals surface area (Å²) in [6.45, 7) is 0.178. The summed E-state index contributed by atoms with van der Waals surface area (Å²) in [6, 6.07) is 0. The van der Waals surface area contributed by atoms with E-state index in [2.05, 4.69) is 12.5 Å². The van der Waals surface area contributed by atoms with Gasteiger partial charge in [-0.3, -0.25) is 0 Å². The van der Waals surface area contributed by atoms with Gasteiger partial charge in [0.25, 0.3) is 0 Å². The van der Waals surface area contributed by atoms with Crippen LogP contribution in [0.1, 0.15) is 0 Å². The van der Waals surface area contributed by atoms with E-state index in [1.807, 2.05) is 6.08 Å². The van der Waals surface area contributed by atoms with Crippen molar-refractivity contribution in [2.24, 2.45) is 0 Å². The second kappa shape index (κ2) is 5.19. The van der Waals surface area contributed by atoms with Gasteiger partial charge in [-0.2, -0.15) is 0 Å². The normalized spacial score (nSPS) is 11.5. The fourth-order valence-corrected chi connectivity index (χ4v) is 0.856. The molecular formula is C6H13OS+. The average Bonchev–Trinajstić information content (AvgIpc) is 1.66. The van der Waals surface area contributed by atoms with E-state index in [-0.39, 0.29) is 6.61 Å². The zero-order valence-electron chi connectivity index (χ0n) is 5.42. The zero-order valence-corrected chi connectivity index (χ0v) is 6.24. The predicted molar refractivity (Wildman–Crippen MR) is 40.3 cm³/mol. The SMILES string of the molecule is C[S+](C)C/C=C/CO. The first-order chi connectivity index (χ1) is 3.77. The summed E-state index contributed by atoms with van der Waals surface area (Å²) in [5, 5.41) is 8.30. The van der Waals surface area contributed by atoms with Gasteiger partial charge >= 0.3 is 0 Å². The Bertz CT molecular complexity index is 68.9. The highest BCUT2D eigenvalue weighted by Crippen LogP contribution is 1.83. The van der Waals surface area contributed by atoms with Crippen LogP contribution in [-0.2, 0) is 10.9 Å². The minimum atomic E-state index is 0.178.